The molecule has 0 bridgehead atoms. The minimum Gasteiger partial charge on any atom is -0.449 e. The molecule has 0 aromatic heterocycles. The third-order valence-electron chi connectivity index (χ3n) is 3.09. The Bertz CT molecular complexity index is 842. The molecule has 0 spiro atoms. The van der Waals surface area contributed by atoms with E-state index < -0.39 is 28.0 Å². The number of para-hydroxylation sites is 1. The molecule has 126 valence electrons. The molecule has 0 fully saturated rings. The van der Waals surface area contributed by atoms with E-state index in [0.29, 0.717) is 0 Å². The van der Waals surface area contributed by atoms with E-state index in [2.05, 4.69) is 0 Å². The maximum absolute atomic E-state index is 12.4. The van der Waals surface area contributed by atoms with Gasteiger partial charge in [0.1, 0.15) is 10.6 Å². The van der Waals surface area contributed by atoms with E-state index in [-0.39, 0.29) is 16.2 Å². The van der Waals surface area contributed by atoms with Crippen LogP contribution in [0.1, 0.15) is 25.5 Å². The van der Waals surface area contributed by atoms with Gasteiger partial charge in [-0.2, -0.15) is 8.42 Å². The topological polar surface area (TPSA) is 86.7 Å². The number of hydrogen-bond donors (Lipinski definition) is 0. The molecule has 6 nitrogen and oxygen atoms in total. The second-order valence-corrected chi connectivity index (χ2v) is 6.53. The van der Waals surface area contributed by atoms with Crippen LogP contribution in [0.3, 0.4) is 0 Å². The molecule has 0 saturated carbocycles. The molecular weight excluding hydrogens is 332 g/mol. The fourth-order valence-electron chi connectivity index (χ4n) is 2.06. The number of ether oxygens (including phenoxy) is 1. The molecule has 0 heterocycles. The smallest absolute Gasteiger partial charge is 0.339 e. The Kier molecular flexibility index (Phi) is 5.35. The largest absolute Gasteiger partial charge is 0.449 e. The number of benzene rings is 2. The fourth-order valence-corrected chi connectivity index (χ4v) is 3.03. The highest BCUT2D eigenvalue weighted by molar-refractivity contribution is 7.87. The molecule has 0 aliphatic carbocycles. The lowest BCUT2D eigenvalue weighted by atomic mass is 10.1. The van der Waals surface area contributed by atoms with Crippen molar-refractivity contribution < 1.29 is 26.9 Å². The highest BCUT2D eigenvalue weighted by atomic mass is 32.2. The lowest BCUT2D eigenvalue weighted by Gasteiger charge is -2.18. The second kappa shape index (κ2) is 7.27. The van der Waals surface area contributed by atoms with Gasteiger partial charge in [0.25, 0.3) is 0 Å². The summed E-state index contributed by atoms with van der Waals surface area (Å²) in [5.74, 6) is -1.17. The van der Waals surface area contributed by atoms with E-state index in [0.717, 1.165) is 0 Å². The molecule has 2 aromatic carbocycles. The van der Waals surface area contributed by atoms with Crippen LogP contribution in [0.5, 0.6) is 5.75 Å². The van der Waals surface area contributed by atoms with E-state index >= 15 is 0 Å². The Hall–Kier alpha value is -2.67. The van der Waals surface area contributed by atoms with E-state index in [1.165, 1.54) is 38.1 Å². The summed E-state index contributed by atoms with van der Waals surface area (Å²) in [7, 11) is -4.08. The van der Waals surface area contributed by atoms with Crippen molar-refractivity contribution in [3.63, 3.8) is 0 Å². The van der Waals surface area contributed by atoms with E-state index in [1.807, 2.05) is 0 Å². The summed E-state index contributed by atoms with van der Waals surface area (Å²) < 4.78 is 34.9. The monoisotopic (exact) mass is 348 g/mol. The predicted octanol–water partition coefficient (Wildman–Crippen LogP) is 2.65. The van der Waals surface area contributed by atoms with Gasteiger partial charge in [-0.05, 0) is 25.1 Å². The molecule has 0 aliphatic heterocycles. The molecule has 1 atom stereocenters. The van der Waals surface area contributed by atoms with Gasteiger partial charge in [0.2, 0.25) is 0 Å². The Morgan fingerprint density at radius 2 is 1.50 bits per heavy atom. The maximum atomic E-state index is 12.4. The Morgan fingerprint density at radius 1 is 0.917 bits per heavy atom. The highest BCUT2D eigenvalue weighted by Gasteiger charge is 2.26. The number of carbonyl (C=O) groups excluding carboxylic acids is 2. The number of hydrogen-bond acceptors (Lipinski definition) is 6. The average Bonchev–Trinajstić information content (AvgIpc) is 2.53. The fraction of sp³-hybridized carbons (Fsp3) is 0.176. The molecule has 2 rings (SSSR count). The van der Waals surface area contributed by atoms with Crippen LogP contribution < -0.4 is 4.18 Å². The van der Waals surface area contributed by atoms with E-state index in [4.69, 9.17) is 8.92 Å². The molecule has 0 N–H and O–H groups in total. The summed E-state index contributed by atoms with van der Waals surface area (Å²) in [6, 6.07) is 13.6. The minimum absolute atomic E-state index is 0.0216. The van der Waals surface area contributed by atoms with Gasteiger partial charge in [-0.15, -0.1) is 0 Å². The van der Waals surface area contributed by atoms with E-state index in [1.54, 1.807) is 30.3 Å². The predicted molar refractivity (Wildman–Crippen MR) is 85.9 cm³/mol. The molecule has 24 heavy (non-hydrogen) atoms. The van der Waals surface area contributed by atoms with Crippen molar-refractivity contribution in [1.82, 2.24) is 0 Å². The Morgan fingerprint density at radius 3 is 2.08 bits per heavy atom. The van der Waals surface area contributed by atoms with Gasteiger partial charge in [-0.3, -0.25) is 9.59 Å². The summed E-state index contributed by atoms with van der Waals surface area (Å²) in [4.78, 5) is 23.0. The molecular formula is C17H16O6S. The summed E-state index contributed by atoms with van der Waals surface area (Å²) in [6.45, 7) is 2.41. The summed E-state index contributed by atoms with van der Waals surface area (Å²) in [6.07, 6.45) is -1.23. The number of ketones is 1. The molecule has 0 aliphatic rings. The first-order valence-corrected chi connectivity index (χ1v) is 8.48. The molecule has 0 radical (unpaired) electrons. The van der Waals surface area contributed by atoms with Gasteiger partial charge < -0.3 is 8.92 Å². The van der Waals surface area contributed by atoms with Crippen LogP contribution in [0.15, 0.2) is 59.5 Å². The second-order valence-electron chi connectivity index (χ2n) is 4.99. The van der Waals surface area contributed by atoms with Crippen LogP contribution in [0.25, 0.3) is 0 Å². The van der Waals surface area contributed by atoms with Gasteiger partial charge in [0.15, 0.2) is 11.9 Å². The minimum atomic E-state index is -4.08. The Balaban J connectivity index is 2.42. The van der Waals surface area contributed by atoms with Crippen LogP contribution in [0, 0.1) is 0 Å². The van der Waals surface area contributed by atoms with Gasteiger partial charge in [-0.25, -0.2) is 0 Å². The van der Waals surface area contributed by atoms with Gasteiger partial charge >= 0.3 is 16.1 Å². The number of rotatable bonds is 6. The number of esters is 1. The van der Waals surface area contributed by atoms with Crippen LogP contribution >= 0.6 is 0 Å². The summed E-state index contributed by atoms with van der Waals surface area (Å²) in [5.41, 5.74) is 0.166. The number of carbonyl (C=O) groups is 2. The first kappa shape index (κ1) is 17.7. The Labute approximate surface area is 140 Å². The SMILES string of the molecule is CC(=O)OC(C(C)=O)c1ccccc1OS(=O)(=O)c1ccccc1. The van der Waals surface area contributed by atoms with Gasteiger partial charge in [0, 0.05) is 12.5 Å². The zero-order valence-electron chi connectivity index (χ0n) is 13.1. The number of Topliss-reactive ketones (excluding diaryl/α,β-unsaturated/α-hetero) is 1. The molecule has 7 heteroatoms. The third kappa shape index (κ3) is 4.20. The van der Waals surface area contributed by atoms with E-state index in [9.17, 15) is 18.0 Å². The molecule has 1 unspecified atom stereocenters. The zero-order chi connectivity index (χ0) is 17.7. The van der Waals surface area contributed by atoms with Crippen LogP contribution in [-0.2, 0) is 24.4 Å². The highest BCUT2D eigenvalue weighted by Crippen LogP contribution is 2.30. The summed E-state index contributed by atoms with van der Waals surface area (Å²) in [5, 5.41) is 0. The normalized spacial score (nSPS) is 12.2. The summed E-state index contributed by atoms with van der Waals surface area (Å²) >= 11 is 0. The molecule has 0 amide bonds. The lowest BCUT2D eigenvalue weighted by Crippen LogP contribution is -2.18. The van der Waals surface area contributed by atoms with Crippen molar-refractivity contribution in [2.45, 2.75) is 24.8 Å². The standard InChI is InChI=1S/C17H16O6S/c1-12(18)17(22-13(2)19)15-10-6-7-11-16(15)23-24(20,21)14-8-4-3-5-9-14/h3-11,17H,1-2H3. The first-order chi connectivity index (χ1) is 11.3. The first-order valence-electron chi connectivity index (χ1n) is 7.07. The van der Waals surface area contributed by atoms with Crippen LogP contribution in [0.2, 0.25) is 0 Å². The molecule has 0 saturated heterocycles. The lowest BCUT2D eigenvalue weighted by molar-refractivity contribution is -0.152. The van der Waals surface area contributed by atoms with Crippen LogP contribution in [-0.4, -0.2) is 20.2 Å². The average molecular weight is 348 g/mol. The van der Waals surface area contributed by atoms with Crippen LogP contribution in [0.4, 0.5) is 0 Å². The van der Waals surface area contributed by atoms with Crippen molar-refractivity contribution in [2.24, 2.45) is 0 Å². The van der Waals surface area contributed by atoms with Crippen molar-refractivity contribution in [1.29, 1.82) is 0 Å². The maximum Gasteiger partial charge on any atom is 0.339 e. The third-order valence-corrected chi connectivity index (χ3v) is 4.33. The van der Waals surface area contributed by atoms with Crippen molar-refractivity contribution >= 4 is 21.9 Å². The van der Waals surface area contributed by atoms with Gasteiger partial charge in [-0.1, -0.05) is 36.4 Å². The van der Waals surface area contributed by atoms with Crippen molar-refractivity contribution in [3.8, 4) is 5.75 Å². The zero-order valence-corrected chi connectivity index (χ0v) is 13.9. The quantitative estimate of drug-likeness (QED) is 0.589. The molecule has 2 aromatic rings. The van der Waals surface area contributed by atoms with Crippen molar-refractivity contribution in [3.05, 3.63) is 60.2 Å². The van der Waals surface area contributed by atoms with Crippen molar-refractivity contribution in [2.75, 3.05) is 0 Å². The van der Waals surface area contributed by atoms with Gasteiger partial charge in [0.05, 0.1) is 0 Å².